The molecule has 0 aromatic heterocycles. The zero-order chi connectivity index (χ0) is 13.3. The van der Waals surface area contributed by atoms with Crippen LogP contribution in [0.25, 0.3) is 0 Å². The molecule has 1 aliphatic heterocycles. The Morgan fingerprint density at radius 2 is 2.22 bits per heavy atom. The Bertz CT molecular complexity index is 542. The van der Waals surface area contributed by atoms with Crippen LogP contribution in [-0.4, -0.2) is 37.0 Å². The van der Waals surface area contributed by atoms with Gasteiger partial charge >= 0.3 is 0 Å². The van der Waals surface area contributed by atoms with Crippen molar-refractivity contribution in [2.24, 2.45) is 0 Å². The molecule has 0 saturated carbocycles. The first-order valence-corrected chi connectivity index (χ1v) is 7.39. The van der Waals surface area contributed by atoms with Crippen molar-refractivity contribution in [3.63, 3.8) is 0 Å². The summed E-state index contributed by atoms with van der Waals surface area (Å²) in [4.78, 5) is 0.133. The molecule has 0 radical (unpaired) electrons. The number of rotatable bonds is 3. The third kappa shape index (κ3) is 2.23. The van der Waals surface area contributed by atoms with Crippen molar-refractivity contribution in [2.45, 2.75) is 30.7 Å². The first-order chi connectivity index (χ1) is 8.46. The lowest BCUT2D eigenvalue weighted by atomic mass is 10.2. The lowest BCUT2D eigenvalue weighted by Crippen LogP contribution is -2.37. The van der Waals surface area contributed by atoms with Gasteiger partial charge in [-0.2, -0.15) is 4.31 Å². The number of nitrogens with zero attached hydrogens (tertiary/aromatic N) is 1. The van der Waals surface area contributed by atoms with E-state index >= 15 is 0 Å². The van der Waals surface area contributed by atoms with Gasteiger partial charge in [-0.15, -0.1) is 0 Å². The number of nitrogens with two attached hydrogens (primary N) is 1. The summed E-state index contributed by atoms with van der Waals surface area (Å²) in [7, 11) is -3.60. The monoisotopic (exact) mass is 270 g/mol. The summed E-state index contributed by atoms with van der Waals surface area (Å²) < 4.78 is 26.3. The minimum Gasteiger partial charge on any atom is -0.398 e. The number of aryl methyl sites for hydroxylation is 1. The Hall–Kier alpha value is -1.11. The van der Waals surface area contributed by atoms with Gasteiger partial charge in [-0.05, 0) is 37.5 Å². The maximum Gasteiger partial charge on any atom is 0.245 e. The highest BCUT2D eigenvalue weighted by atomic mass is 32.2. The number of anilines is 1. The van der Waals surface area contributed by atoms with Crippen LogP contribution in [0.5, 0.6) is 0 Å². The molecular weight excluding hydrogens is 252 g/mol. The largest absolute Gasteiger partial charge is 0.398 e. The zero-order valence-corrected chi connectivity index (χ0v) is 11.2. The number of benzene rings is 1. The maximum absolute atomic E-state index is 12.5. The highest BCUT2D eigenvalue weighted by Gasteiger charge is 2.35. The van der Waals surface area contributed by atoms with Crippen molar-refractivity contribution in [1.29, 1.82) is 0 Å². The fourth-order valence-corrected chi connectivity index (χ4v) is 4.12. The molecule has 100 valence electrons. The highest BCUT2D eigenvalue weighted by molar-refractivity contribution is 7.89. The summed E-state index contributed by atoms with van der Waals surface area (Å²) in [6.45, 7) is 2.16. The molecule has 1 aliphatic rings. The van der Waals surface area contributed by atoms with E-state index in [-0.39, 0.29) is 23.2 Å². The van der Waals surface area contributed by atoms with Crippen molar-refractivity contribution >= 4 is 15.7 Å². The van der Waals surface area contributed by atoms with Gasteiger partial charge in [0.05, 0.1) is 12.3 Å². The quantitative estimate of drug-likeness (QED) is 0.793. The van der Waals surface area contributed by atoms with Crippen molar-refractivity contribution < 1.29 is 13.5 Å². The Balaban J connectivity index is 2.42. The third-order valence-corrected chi connectivity index (χ3v) is 5.31. The molecule has 1 saturated heterocycles. The van der Waals surface area contributed by atoms with Gasteiger partial charge in [-0.25, -0.2) is 8.42 Å². The maximum atomic E-state index is 12.5. The fraction of sp³-hybridized carbons (Fsp3) is 0.500. The van der Waals surface area contributed by atoms with Gasteiger partial charge in [-0.3, -0.25) is 0 Å². The molecule has 3 N–H and O–H groups in total. The van der Waals surface area contributed by atoms with E-state index in [0.29, 0.717) is 13.0 Å². The molecule has 1 aromatic carbocycles. The predicted octanol–water partition coefficient (Wildman–Crippen LogP) is 0.723. The molecule has 5 nitrogen and oxygen atoms in total. The average Bonchev–Trinajstić information content (AvgIpc) is 2.76. The number of aliphatic hydroxyl groups is 1. The van der Waals surface area contributed by atoms with E-state index < -0.39 is 10.0 Å². The van der Waals surface area contributed by atoms with E-state index in [0.717, 1.165) is 12.0 Å². The standard InChI is InChI=1S/C12H18N2O3S/c1-9-4-5-12(11(13)7-9)18(16,17)14-6-2-3-10(14)8-15/h4-5,7,10,15H,2-3,6,8,13H2,1H3/t10-/m0/s1. The van der Waals surface area contributed by atoms with E-state index in [4.69, 9.17) is 5.73 Å². The van der Waals surface area contributed by atoms with Gasteiger partial charge in [0.1, 0.15) is 4.90 Å². The van der Waals surface area contributed by atoms with E-state index in [1.807, 2.05) is 6.92 Å². The van der Waals surface area contributed by atoms with Crippen LogP contribution in [0.1, 0.15) is 18.4 Å². The summed E-state index contributed by atoms with van der Waals surface area (Å²) in [5.41, 5.74) is 6.98. The number of hydrogen-bond donors (Lipinski definition) is 2. The molecular formula is C12H18N2O3S. The minimum absolute atomic E-state index is 0.133. The SMILES string of the molecule is Cc1ccc(S(=O)(=O)N2CCC[C@H]2CO)c(N)c1. The van der Waals surface area contributed by atoms with Crippen molar-refractivity contribution in [1.82, 2.24) is 4.31 Å². The summed E-state index contributed by atoms with van der Waals surface area (Å²) in [5.74, 6) is 0. The molecule has 0 amide bonds. The van der Waals surface area contributed by atoms with E-state index in [1.54, 1.807) is 12.1 Å². The molecule has 0 spiro atoms. The summed E-state index contributed by atoms with van der Waals surface area (Å²) in [6, 6.07) is 4.59. The molecule has 18 heavy (non-hydrogen) atoms. The van der Waals surface area contributed by atoms with Crippen molar-refractivity contribution in [2.75, 3.05) is 18.9 Å². The fourth-order valence-electron chi connectivity index (χ4n) is 2.34. The first kappa shape index (κ1) is 13.3. The molecule has 1 fully saturated rings. The second-order valence-corrected chi connectivity index (χ2v) is 6.49. The number of sulfonamides is 1. The predicted molar refractivity (Wildman–Crippen MR) is 69.6 cm³/mol. The summed E-state index contributed by atoms with van der Waals surface area (Å²) >= 11 is 0. The van der Waals surface area contributed by atoms with Gasteiger partial charge < -0.3 is 10.8 Å². The summed E-state index contributed by atoms with van der Waals surface area (Å²) in [6.07, 6.45) is 1.47. The summed E-state index contributed by atoms with van der Waals surface area (Å²) in [5, 5.41) is 9.22. The zero-order valence-electron chi connectivity index (χ0n) is 10.3. The Kier molecular flexibility index (Phi) is 3.61. The molecule has 0 unspecified atom stereocenters. The first-order valence-electron chi connectivity index (χ1n) is 5.95. The number of nitrogen functional groups attached to an aromatic ring is 1. The van der Waals surface area contributed by atoms with E-state index in [9.17, 15) is 13.5 Å². The normalized spacial score (nSPS) is 21.3. The highest BCUT2D eigenvalue weighted by Crippen LogP contribution is 2.29. The Morgan fingerprint density at radius 1 is 1.50 bits per heavy atom. The van der Waals surface area contributed by atoms with E-state index in [1.165, 1.54) is 10.4 Å². The molecule has 0 aliphatic carbocycles. The van der Waals surface area contributed by atoms with Crippen LogP contribution in [0.4, 0.5) is 5.69 Å². The molecule has 1 aromatic rings. The topological polar surface area (TPSA) is 83.6 Å². The smallest absolute Gasteiger partial charge is 0.245 e. The van der Waals surface area contributed by atoms with Gasteiger partial charge in [0, 0.05) is 12.6 Å². The molecule has 2 rings (SSSR count). The van der Waals surface area contributed by atoms with Crippen LogP contribution >= 0.6 is 0 Å². The lowest BCUT2D eigenvalue weighted by molar-refractivity contribution is 0.213. The van der Waals surface area contributed by atoms with Crippen molar-refractivity contribution in [3.8, 4) is 0 Å². The van der Waals surface area contributed by atoms with Gasteiger partial charge in [0.15, 0.2) is 0 Å². The van der Waals surface area contributed by atoms with E-state index in [2.05, 4.69) is 0 Å². The van der Waals surface area contributed by atoms with Crippen LogP contribution in [0, 0.1) is 6.92 Å². The Labute approximate surface area is 107 Å². The molecule has 1 heterocycles. The van der Waals surface area contributed by atoms with Crippen LogP contribution in [0.15, 0.2) is 23.1 Å². The third-order valence-electron chi connectivity index (χ3n) is 3.29. The van der Waals surface area contributed by atoms with Crippen LogP contribution in [-0.2, 0) is 10.0 Å². The van der Waals surface area contributed by atoms with Crippen molar-refractivity contribution in [3.05, 3.63) is 23.8 Å². The van der Waals surface area contributed by atoms with Gasteiger partial charge in [-0.1, -0.05) is 6.07 Å². The lowest BCUT2D eigenvalue weighted by Gasteiger charge is -2.23. The van der Waals surface area contributed by atoms with Gasteiger partial charge in [0.2, 0.25) is 10.0 Å². The van der Waals surface area contributed by atoms with Crippen LogP contribution in [0.3, 0.4) is 0 Å². The second kappa shape index (κ2) is 4.87. The van der Waals surface area contributed by atoms with Crippen LogP contribution in [0.2, 0.25) is 0 Å². The average molecular weight is 270 g/mol. The number of aliphatic hydroxyl groups excluding tert-OH is 1. The Morgan fingerprint density at radius 3 is 2.83 bits per heavy atom. The number of hydrogen-bond acceptors (Lipinski definition) is 4. The van der Waals surface area contributed by atoms with Gasteiger partial charge in [0.25, 0.3) is 0 Å². The van der Waals surface area contributed by atoms with Crippen LogP contribution < -0.4 is 5.73 Å². The second-order valence-electron chi connectivity index (χ2n) is 4.64. The molecule has 1 atom stereocenters. The molecule has 0 bridgehead atoms. The minimum atomic E-state index is -3.60. The molecule has 6 heteroatoms.